The lowest BCUT2D eigenvalue weighted by molar-refractivity contribution is 0.612. The maximum absolute atomic E-state index is 13.4. The van der Waals surface area contributed by atoms with Gasteiger partial charge in [0.15, 0.2) is 0 Å². The second-order valence-electron chi connectivity index (χ2n) is 3.82. The average Bonchev–Trinajstić information content (AvgIpc) is 2.66. The maximum atomic E-state index is 13.4. The molecule has 3 nitrogen and oxygen atoms in total. The molecule has 16 heavy (non-hydrogen) atoms. The number of aromatic nitrogens is 2. The molecule has 0 spiro atoms. The molecule has 2 rings (SSSR count). The standard InChI is InChI=1S/C12H14FN3/c1-9-3-4-11(13)10(7-9)8-14-12-5-6-16(2)15-12/h3-7H,8H2,1-2H3,(H,14,15). The lowest BCUT2D eigenvalue weighted by Crippen LogP contribution is -2.03. The van der Waals surface area contributed by atoms with Gasteiger partial charge in [-0.3, -0.25) is 4.68 Å². The lowest BCUT2D eigenvalue weighted by atomic mass is 10.1. The Labute approximate surface area is 93.9 Å². The first-order valence-corrected chi connectivity index (χ1v) is 5.14. The Bertz CT molecular complexity index is 491. The van der Waals surface area contributed by atoms with Crippen molar-refractivity contribution in [3.63, 3.8) is 0 Å². The summed E-state index contributed by atoms with van der Waals surface area (Å²) in [4.78, 5) is 0. The van der Waals surface area contributed by atoms with Crippen molar-refractivity contribution >= 4 is 5.82 Å². The SMILES string of the molecule is Cc1ccc(F)c(CNc2ccn(C)n2)c1. The first-order chi connectivity index (χ1) is 7.65. The van der Waals surface area contributed by atoms with Crippen LogP contribution in [0.4, 0.5) is 10.2 Å². The van der Waals surface area contributed by atoms with E-state index in [1.165, 1.54) is 6.07 Å². The quantitative estimate of drug-likeness (QED) is 0.859. The molecular formula is C12H14FN3. The van der Waals surface area contributed by atoms with E-state index in [-0.39, 0.29) is 5.82 Å². The van der Waals surface area contributed by atoms with Gasteiger partial charge in [0.1, 0.15) is 11.6 Å². The number of nitrogens with zero attached hydrogens (tertiary/aromatic N) is 2. The van der Waals surface area contributed by atoms with Crippen molar-refractivity contribution in [3.05, 3.63) is 47.4 Å². The smallest absolute Gasteiger partial charge is 0.148 e. The molecule has 0 saturated heterocycles. The molecule has 0 aliphatic carbocycles. The number of hydrogen-bond donors (Lipinski definition) is 1. The topological polar surface area (TPSA) is 29.9 Å². The zero-order valence-corrected chi connectivity index (χ0v) is 9.37. The van der Waals surface area contributed by atoms with Crippen molar-refractivity contribution in [1.82, 2.24) is 9.78 Å². The van der Waals surface area contributed by atoms with Gasteiger partial charge in [-0.1, -0.05) is 17.7 Å². The van der Waals surface area contributed by atoms with Gasteiger partial charge in [0.25, 0.3) is 0 Å². The van der Waals surface area contributed by atoms with Gasteiger partial charge >= 0.3 is 0 Å². The second kappa shape index (κ2) is 4.35. The number of benzene rings is 1. The van der Waals surface area contributed by atoms with Crippen LogP contribution in [-0.4, -0.2) is 9.78 Å². The minimum absolute atomic E-state index is 0.186. The number of nitrogens with one attached hydrogen (secondary N) is 1. The van der Waals surface area contributed by atoms with E-state index in [0.29, 0.717) is 12.1 Å². The molecule has 1 aromatic heterocycles. The third-order valence-electron chi connectivity index (χ3n) is 2.37. The highest BCUT2D eigenvalue weighted by Crippen LogP contribution is 2.12. The van der Waals surface area contributed by atoms with Gasteiger partial charge < -0.3 is 5.32 Å². The van der Waals surface area contributed by atoms with Crippen LogP contribution in [0, 0.1) is 12.7 Å². The van der Waals surface area contributed by atoms with Crippen LogP contribution in [0.5, 0.6) is 0 Å². The van der Waals surface area contributed by atoms with Crippen molar-refractivity contribution < 1.29 is 4.39 Å². The molecule has 84 valence electrons. The molecule has 4 heteroatoms. The van der Waals surface area contributed by atoms with Gasteiger partial charge in [-0.25, -0.2) is 4.39 Å². The van der Waals surface area contributed by atoms with Crippen LogP contribution >= 0.6 is 0 Å². The zero-order valence-electron chi connectivity index (χ0n) is 9.37. The first kappa shape index (κ1) is 10.7. The van der Waals surface area contributed by atoms with E-state index in [9.17, 15) is 4.39 Å². The van der Waals surface area contributed by atoms with Gasteiger partial charge in [0.05, 0.1) is 0 Å². The number of rotatable bonds is 3. The molecule has 0 atom stereocenters. The number of hydrogen-bond acceptors (Lipinski definition) is 2. The molecule has 1 N–H and O–H groups in total. The van der Waals surface area contributed by atoms with E-state index in [1.54, 1.807) is 10.7 Å². The summed E-state index contributed by atoms with van der Waals surface area (Å²) < 4.78 is 15.1. The average molecular weight is 219 g/mol. The Morgan fingerprint density at radius 3 is 2.88 bits per heavy atom. The van der Waals surface area contributed by atoms with Crippen LogP contribution in [0.3, 0.4) is 0 Å². The van der Waals surface area contributed by atoms with E-state index in [0.717, 1.165) is 11.4 Å². The maximum Gasteiger partial charge on any atom is 0.148 e. The molecule has 0 unspecified atom stereocenters. The monoisotopic (exact) mass is 219 g/mol. The van der Waals surface area contributed by atoms with Gasteiger partial charge in [-0.15, -0.1) is 0 Å². The minimum Gasteiger partial charge on any atom is -0.364 e. The fraction of sp³-hybridized carbons (Fsp3) is 0.250. The van der Waals surface area contributed by atoms with Crippen LogP contribution in [0.1, 0.15) is 11.1 Å². The molecule has 0 radical (unpaired) electrons. The Morgan fingerprint density at radius 1 is 1.38 bits per heavy atom. The number of aryl methyl sites for hydroxylation is 2. The lowest BCUT2D eigenvalue weighted by Gasteiger charge is -2.05. The summed E-state index contributed by atoms with van der Waals surface area (Å²) in [7, 11) is 1.85. The molecule has 0 amide bonds. The normalized spacial score (nSPS) is 10.4. The van der Waals surface area contributed by atoms with Crippen LogP contribution in [-0.2, 0) is 13.6 Å². The summed E-state index contributed by atoms with van der Waals surface area (Å²) in [6, 6.07) is 6.95. The Morgan fingerprint density at radius 2 is 2.19 bits per heavy atom. The predicted molar refractivity (Wildman–Crippen MR) is 61.7 cm³/mol. The molecule has 0 aliphatic rings. The van der Waals surface area contributed by atoms with E-state index in [1.807, 2.05) is 32.3 Å². The van der Waals surface area contributed by atoms with Crippen LogP contribution < -0.4 is 5.32 Å². The summed E-state index contributed by atoms with van der Waals surface area (Å²) in [6.45, 7) is 2.40. The van der Waals surface area contributed by atoms with Crippen molar-refractivity contribution in [2.75, 3.05) is 5.32 Å². The molecule has 1 heterocycles. The van der Waals surface area contributed by atoms with Gasteiger partial charge in [-0.2, -0.15) is 5.10 Å². The summed E-state index contributed by atoms with van der Waals surface area (Å²) in [5.74, 6) is 0.567. The highest BCUT2D eigenvalue weighted by molar-refractivity contribution is 5.35. The number of halogens is 1. The molecular weight excluding hydrogens is 205 g/mol. The van der Waals surface area contributed by atoms with Crippen LogP contribution in [0.2, 0.25) is 0 Å². The molecule has 0 saturated carbocycles. The van der Waals surface area contributed by atoms with Gasteiger partial charge in [0.2, 0.25) is 0 Å². The van der Waals surface area contributed by atoms with Crippen molar-refractivity contribution in [1.29, 1.82) is 0 Å². The second-order valence-corrected chi connectivity index (χ2v) is 3.82. The highest BCUT2D eigenvalue weighted by Gasteiger charge is 2.02. The van der Waals surface area contributed by atoms with Gasteiger partial charge in [0, 0.05) is 31.4 Å². The molecule has 0 aliphatic heterocycles. The fourth-order valence-corrected chi connectivity index (χ4v) is 1.53. The summed E-state index contributed by atoms with van der Waals surface area (Å²) in [6.07, 6.45) is 1.84. The van der Waals surface area contributed by atoms with Crippen molar-refractivity contribution in [2.24, 2.45) is 7.05 Å². The van der Waals surface area contributed by atoms with Crippen molar-refractivity contribution in [2.45, 2.75) is 13.5 Å². The molecule has 2 aromatic rings. The largest absolute Gasteiger partial charge is 0.364 e. The zero-order chi connectivity index (χ0) is 11.5. The van der Waals surface area contributed by atoms with E-state index >= 15 is 0 Å². The van der Waals surface area contributed by atoms with Gasteiger partial charge in [-0.05, 0) is 13.0 Å². The van der Waals surface area contributed by atoms with Crippen molar-refractivity contribution in [3.8, 4) is 0 Å². The Hall–Kier alpha value is -1.84. The Balaban J connectivity index is 2.07. The third-order valence-corrected chi connectivity index (χ3v) is 2.37. The number of anilines is 1. The molecule has 0 bridgehead atoms. The molecule has 1 aromatic carbocycles. The first-order valence-electron chi connectivity index (χ1n) is 5.14. The van der Waals surface area contributed by atoms with E-state index in [2.05, 4.69) is 10.4 Å². The van der Waals surface area contributed by atoms with E-state index < -0.39 is 0 Å². The van der Waals surface area contributed by atoms with E-state index in [4.69, 9.17) is 0 Å². The highest BCUT2D eigenvalue weighted by atomic mass is 19.1. The fourth-order valence-electron chi connectivity index (χ4n) is 1.53. The third kappa shape index (κ3) is 2.39. The Kier molecular flexibility index (Phi) is 2.90. The molecule has 0 fully saturated rings. The summed E-state index contributed by atoms with van der Waals surface area (Å²) in [5.41, 5.74) is 1.71. The predicted octanol–water partition coefficient (Wildman–Crippen LogP) is 2.48. The summed E-state index contributed by atoms with van der Waals surface area (Å²) >= 11 is 0. The van der Waals surface area contributed by atoms with Crippen LogP contribution in [0.15, 0.2) is 30.5 Å². The minimum atomic E-state index is -0.186. The van der Waals surface area contributed by atoms with Crippen LogP contribution in [0.25, 0.3) is 0 Å². The summed E-state index contributed by atoms with van der Waals surface area (Å²) in [5, 5.41) is 7.24.